The lowest BCUT2D eigenvalue weighted by Crippen LogP contribution is -2.56. The number of ether oxygens (including phenoxy) is 1. The maximum Gasteiger partial charge on any atom is 0.573 e. The molecular formula is C24H27F3N4O4. The Morgan fingerprint density at radius 1 is 1.06 bits per heavy atom. The molecule has 1 aromatic heterocycles. The normalized spacial score (nSPS) is 20.1. The Kier molecular flexibility index (Phi) is 6.77. The Balaban J connectivity index is 1.40. The second kappa shape index (κ2) is 9.63. The van der Waals surface area contributed by atoms with Crippen molar-refractivity contribution in [3.05, 3.63) is 58.5 Å². The molecule has 2 unspecified atom stereocenters. The number of carbonyl (C=O) groups excluding carboxylic acids is 2. The average Bonchev–Trinajstić information content (AvgIpc) is 2.78. The van der Waals surface area contributed by atoms with Crippen LogP contribution in [0.3, 0.4) is 0 Å². The maximum absolute atomic E-state index is 13.1. The van der Waals surface area contributed by atoms with Crippen LogP contribution in [0.15, 0.2) is 47.3 Å². The topological polar surface area (TPSA) is 92.7 Å². The molecule has 1 saturated heterocycles. The first-order valence-corrected chi connectivity index (χ1v) is 11.4. The third-order valence-electron chi connectivity index (χ3n) is 6.35. The summed E-state index contributed by atoms with van der Waals surface area (Å²) in [5.41, 5.74) is 1.16. The van der Waals surface area contributed by atoms with Crippen molar-refractivity contribution >= 4 is 17.6 Å². The number of benzene rings is 1. The quantitative estimate of drug-likeness (QED) is 0.668. The van der Waals surface area contributed by atoms with E-state index in [4.69, 9.17) is 0 Å². The number of halogens is 3. The van der Waals surface area contributed by atoms with Crippen LogP contribution in [0.1, 0.15) is 31.9 Å². The van der Waals surface area contributed by atoms with Gasteiger partial charge in [-0.2, -0.15) is 0 Å². The Morgan fingerprint density at radius 3 is 2.43 bits per heavy atom. The molecule has 3 atom stereocenters. The lowest BCUT2D eigenvalue weighted by Gasteiger charge is -2.43. The second-order valence-corrected chi connectivity index (χ2v) is 9.34. The number of amides is 3. The van der Waals surface area contributed by atoms with E-state index in [0.29, 0.717) is 19.6 Å². The van der Waals surface area contributed by atoms with E-state index in [1.165, 1.54) is 18.2 Å². The Bertz CT molecular complexity index is 1150. The number of carbonyl (C=O) groups is 2. The number of nitrogens with one attached hydrogen (secondary N) is 2. The van der Waals surface area contributed by atoms with Gasteiger partial charge in [0.1, 0.15) is 11.8 Å². The molecule has 2 aromatic rings. The number of fused-ring (bicyclic) bond motifs is 4. The van der Waals surface area contributed by atoms with Crippen molar-refractivity contribution in [2.24, 2.45) is 11.8 Å². The Morgan fingerprint density at radius 2 is 1.77 bits per heavy atom. The minimum atomic E-state index is -4.80. The summed E-state index contributed by atoms with van der Waals surface area (Å²) in [5.74, 6) is -0.923. The van der Waals surface area contributed by atoms with Crippen molar-refractivity contribution in [3.8, 4) is 5.75 Å². The first kappa shape index (κ1) is 24.6. The van der Waals surface area contributed by atoms with Crippen LogP contribution in [0, 0.1) is 11.8 Å². The second-order valence-electron chi connectivity index (χ2n) is 9.34. The zero-order valence-corrected chi connectivity index (χ0v) is 19.3. The number of anilines is 1. The van der Waals surface area contributed by atoms with E-state index in [2.05, 4.69) is 15.4 Å². The van der Waals surface area contributed by atoms with E-state index in [9.17, 15) is 27.6 Å². The molecule has 188 valence electrons. The van der Waals surface area contributed by atoms with Gasteiger partial charge in [0.2, 0.25) is 5.91 Å². The number of nitrogens with zero attached hydrogens (tertiary/aromatic N) is 2. The average molecular weight is 492 g/mol. The van der Waals surface area contributed by atoms with Gasteiger partial charge in [0, 0.05) is 43.0 Å². The van der Waals surface area contributed by atoms with E-state index >= 15 is 0 Å². The number of piperidine rings is 1. The fraction of sp³-hybridized carbons (Fsp3) is 0.458. The first-order valence-electron chi connectivity index (χ1n) is 11.4. The largest absolute Gasteiger partial charge is 0.573 e. The van der Waals surface area contributed by atoms with E-state index in [1.54, 1.807) is 29.4 Å². The van der Waals surface area contributed by atoms with Crippen molar-refractivity contribution in [3.63, 3.8) is 0 Å². The van der Waals surface area contributed by atoms with Crippen LogP contribution in [-0.4, -0.2) is 46.9 Å². The highest BCUT2D eigenvalue weighted by atomic mass is 19.4. The number of likely N-dealkylation sites (tertiary alicyclic amines) is 1. The van der Waals surface area contributed by atoms with E-state index < -0.39 is 24.1 Å². The van der Waals surface area contributed by atoms with Crippen LogP contribution in [0.4, 0.5) is 23.7 Å². The molecule has 2 aliphatic heterocycles. The predicted octanol–water partition coefficient (Wildman–Crippen LogP) is 3.54. The standard InChI is InChI=1S/C24H27F3N4O4/c1-14(2)21(22(33)28-17-6-8-18(9-7-17)35-24(25,26)27)29-23(34)30-11-15-10-16(13-30)19-4-3-5-20(32)31(19)12-15/h3-9,14-16,21H,10-13H2,1-2H3,(H,28,33)(H,29,34)/t15?,16?,21-/m0/s1. The molecule has 0 aliphatic carbocycles. The lowest BCUT2D eigenvalue weighted by molar-refractivity contribution is -0.274. The SMILES string of the molecule is CC(C)[C@H](NC(=O)N1CC2CC(C1)c1cccc(=O)n1C2)C(=O)Nc1ccc(OC(F)(F)F)cc1. The molecule has 2 bridgehead atoms. The highest BCUT2D eigenvalue weighted by molar-refractivity contribution is 5.97. The van der Waals surface area contributed by atoms with Crippen LogP contribution in [0.25, 0.3) is 0 Å². The Hall–Kier alpha value is -3.50. The minimum absolute atomic E-state index is 0.0374. The molecule has 4 rings (SSSR count). The predicted molar refractivity (Wildman–Crippen MR) is 122 cm³/mol. The molecule has 0 saturated carbocycles. The van der Waals surface area contributed by atoms with Crippen molar-refractivity contribution in [1.82, 2.24) is 14.8 Å². The summed E-state index contributed by atoms with van der Waals surface area (Å²) < 4.78 is 42.6. The first-order chi connectivity index (χ1) is 16.5. The monoisotopic (exact) mass is 492 g/mol. The molecule has 1 aromatic carbocycles. The summed E-state index contributed by atoms with van der Waals surface area (Å²) in [6, 6.07) is 8.75. The van der Waals surface area contributed by atoms with Crippen LogP contribution >= 0.6 is 0 Å². The van der Waals surface area contributed by atoms with Gasteiger partial charge >= 0.3 is 12.4 Å². The molecule has 3 heterocycles. The van der Waals surface area contributed by atoms with Gasteiger partial charge in [-0.1, -0.05) is 19.9 Å². The lowest BCUT2D eigenvalue weighted by atomic mass is 9.83. The number of pyridine rings is 1. The number of hydrogen-bond acceptors (Lipinski definition) is 4. The maximum atomic E-state index is 13.1. The van der Waals surface area contributed by atoms with Gasteiger partial charge < -0.3 is 24.8 Å². The molecular weight excluding hydrogens is 465 g/mol. The van der Waals surface area contributed by atoms with Crippen molar-refractivity contribution < 1.29 is 27.5 Å². The van der Waals surface area contributed by atoms with Crippen LogP contribution < -0.4 is 20.9 Å². The molecule has 2 aliphatic rings. The summed E-state index contributed by atoms with van der Waals surface area (Å²) in [7, 11) is 0. The van der Waals surface area contributed by atoms with Gasteiger partial charge in [-0.3, -0.25) is 9.59 Å². The zero-order chi connectivity index (χ0) is 25.3. The molecule has 11 heteroatoms. The van der Waals surface area contributed by atoms with Gasteiger partial charge in [-0.05, 0) is 48.6 Å². The smallest absolute Gasteiger partial charge is 0.406 e. The Labute approximate surface area is 200 Å². The van der Waals surface area contributed by atoms with Crippen LogP contribution in [0.2, 0.25) is 0 Å². The summed E-state index contributed by atoms with van der Waals surface area (Å²) in [6.45, 7) is 5.06. The van der Waals surface area contributed by atoms with E-state index in [1.807, 2.05) is 6.07 Å². The van der Waals surface area contributed by atoms with Gasteiger partial charge in [0.05, 0.1) is 0 Å². The fourth-order valence-corrected chi connectivity index (χ4v) is 4.78. The number of urea groups is 1. The number of hydrogen-bond donors (Lipinski definition) is 2. The molecule has 8 nitrogen and oxygen atoms in total. The van der Waals surface area contributed by atoms with E-state index in [-0.39, 0.29) is 35.0 Å². The van der Waals surface area contributed by atoms with Crippen molar-refractivity contribution in [2.75, 3.05) is 18.4 Å². The van der Waals surface area contributed by atoms with Crippen LogP contribution in [-0.2, 0) is 11.3 Å². The zero-order valence-electron chi connectivity index (χ0n) is 19.3. The summed E-state index contributed by atoms with van der Waals surface area (Å²) in [4.78, 5) is 39.9. The van der Waals surface area contributed by atoms with Gasteiger partial charge in [0.25, 0.3) is 5.56 Å². The highest BCUT2D eigenvalue weighted by Gasteiger charge is 2.37. The summed E-state index contributed by atoms with van der Waals surface area (Å²) in [5, 5.41) is 5.44. The summed E-state index contributed by atoms with van der Waals surface area (Å²) >= 11 is 0. The van der Waals surface area contributed by atoms with E-state index in [0.717, 1.165) is 24.2 Å². The number of rotatable bonds is 5. The van der Waals surface area contributed by atoms with Crippen molar-refractivity contribution in [2.45, 2.75) is 45.1 Å². The number of alkyl halides is 3. The molecule has 3 amide bonds. The van der Waals surface area contributed by atoms with Crippen LogP contribution in [0.5, 0.6) is 5.75 Å². The number of aromatic nitrogens is 1. The van der Waals surface area contributed by atoms with Crippen molar-refractivity contribution in [1.29, 1.82) is 0 Å². The fourth-order valence-electron chi connectivity index (χ4n) is 4.78. The summed E-state index contributed by atoms with van der Waals surface area (Å²) in [6.07, 6.45) is -3.90. The molecule has 0 radical (unpaired) electrons. The van der Waals surface area contributed by atoms with Gasteiger partial charge in [-0.25, -0.2) is 4.79 Å². The molecule has 1 fully saturated rings. The molecule has 0 spiro atoms. The third kappa shape index (κ3) is 5.77. The van der Waals surface area contributed by atoms with Gasteiger partial charge in [-0.15, -0.1) is 13.2 Å². The van der Waals surface area contributed by atoms with Gasteiger partial charge in [0.15, 0.2) is 0 Å². The third-order valence-corrected chi connectivity index (χ3v) is 6.35. The molecule has 35 heavy (non-hydrogen) atoms. The highest BCUT2D eigenvalue weighted by Crippen LogP contribution is 2.35. The minimum Gasteiger partial charge on any atom is -0.406 e. The molecule has 2 N–H and O–H groups in total.